The molecule has 0 aliphatic heterocycles. The second-order valence-electron chi connectivity index (χ2n) is 4.85. The molecule has 0 saturated heterocycles. The normalized spacial score (nSPS) is 15.8. The van der Waals surface area contributed by atoms with Crippen molar-refractivity contribution in [2.24, 2.45) is 0 Å². The number of hydrogen-bond acceptors (Lipinski definition) is 4. The maximum atomic E-state index is 13.0. The van der Waals surface area contributed by atoms with Crippen LogP contribution < -0.4 is 0 Å². The van der Waals surface area contributed by atoms with Gasteiger partial charge in [-0.15, -0.1) is 34.3 Å². The molecule has 0 atom stereocenters. The molecule has 0 radical (unpaired) electrons. The number of nitrogens with zero attached hydrogens (tertiary/aromatic N) is 1. The Bertz CT molecular complexity index is 723. The third-order valence-corrected chi connectivity index (χ3v) is 8.73. The van der Waals surface area contributed by atoms with Gasteiger partial charge < -0.3 is 0 Å². The molecule has 1 fully saturated rings. The molecule has 3 nitrogen and oxygen atoms in total. The van der Waals surface area contributed by atoms with Crippen LogP contribution in [0.5, 0.6) is 0 Å². The zero-order valence-electron chi connectivity index (χ0n) is 11.0. The molecule has 21 heavy (non-hydrogen) atoms. The zero-order valence-corrected chi connectivity index (χ0v) is 15.8. The minimum atomic E-state index is -3.49. The Labute approximate surface area is 145 Å². The van der Waals surface area contributed by atoms with Crippen LogP contribution in [0.25, 0.3) is 0 Å². The van der Waals surface area contributed by atoms with Gasteiger partial charge in [-0.3, -0.25) is 0 Å². The van der Waals surface area contributed by atoms with Crippen molar-refractivity contribution < 1.29 is 8.42 Å². The van der Waals surface area contributed by atoms with E-state index in [-0.39, 0.29) is 6.04 Å². The van der Waals surface area contributed by atoms with Crippen molar-refractivity contribution in [3.05, 3.63) is 37.1 Å². The molecule has 8 heteroatoms. The summed E-state index contributed by atoms with van der Waals surface area (Å²) in [7, 11) is -3.49. The summed E-state index contributed by atoms with van der Waals surface area (Å²) in [5.74, 6) is 0.327. The van der Waals surface area contributed by atoms with Crippen LogP contribution in [0.2, 0.25) is 0 Å². The molecular weight excluding hydrogens is 414 g/mol. The Morgan fingerprint density at radius 2 is 2.14 bits per heavy atom. The molecular formula is C13H13BrClNO2S3. The fraction of sp³-hybridized carbons (Fsp3) is 0.385. The maximum absolute atomic E-state index is 13.0. The molecule has 1 saturated carbocycles. The van der Waals surface area contributed by atoms with Crippen LogP contribution in [0, 0.1) is 0 Å². The Balaban J connectivity index is 1.95. The molecule has 2 aromatic rings. The van der Waals surface area contributed by atoms with Crippen LogP contribution in [0.15, 0.2) is 32.3 Å². The summed E-state index contributed by atoms with van der Waals surface area (Å²) >= 11 is 12.1. The summed E-state index contributed by atoms with van der Waals surface area (Å²) in [4.78, 5) is 2.26. The Hall–Kier alpha value is 0.0800. The smallest absolute Gasteiger partial charge is 0.207 e. The fourth-order valence-corrected chi connectivity index (χ4v) is 7.27. The van der Waals surface area contributed by atoms with E-state index in [1.807, 2.05) is 17.5 Å². The Morgan fingerprint density at radius 3 is 2.67 bits per heavy atom. The van der Waals surface area contributed by atoms with Gasteiger partial charge in [0.15, 0.2) is 0 Å². The van der Waals surface area contributed by atoms with Crippen LogP contribution in [0.1, 0.15) is 22.6 Å². The van der Waals surface area contributed by atoms with Gasteiger partial charge in [-0.25, -0.2) is 8.42 Å². The number of alkyl halides is 1. The van der Waals surface area contributed by atoms with Gasteiger partial charge in [-0.2, -0.15) is 4.31 Å². The van der Waals surface area contributed by atoms with Gasteiger partial charge in [0.25, 0.3) is 0 Å². The Kier molecular flexibility index (Phi) is 4.78. The van der Waals surface area contributed by atoms with Crippen molar-refractivity contribution >= 4 is 60.2 Å². The predicted molar refractivity (Wildman–Crippen MR) is 91.6 cm³/mol. The SMILES string of the molecule is O=S(=O)(c1cc(CCl)sc1Br)N(Cc1cccs1)C1CC1. The van der Waals surface area contributed by atoms with E-state index in [2.05, 4.69) is 15.9 Å². The van der Waals surface area contributed by atoms with E-state index in [9.17, 15) is 8.42 Å². The van der Waals surface area contributed by atoms with E-state index in [1.165, 1.54) is 11.3 Å². The van der Waals surface area contributed by atoms with Crippen LogP contribution in [0.4, 0.5) is 0 Å². The van der Waals surface area contributed by atoms with Crippen molar-refractivity contribution in [1.82, 2.24) is 4.31 Å². The van der Waals surface area contributed by atoms with E-state index >= 15 is 0 Å². The first kappa shape index (κ1) is 16.0. The highest BCUT2D eigenvalue weighted by Gasteiger charge is 2.39. The number of hydrogen-bond donors (Lipinski definition) is 0. The molecule has 1 aliphatic carbocycles. The van der Waals surface area contributed by atoms with Crippen molar-refractivity contribution in [1.29, 1.82) is 0 Å². The van der Waals surface area contributed by atoms with Crippen molar-refractivity contribution in [3.63, 3.8) is 0 Å². The van der Waals surface area contributed by atoms with Crippen LogP contribution in [-0.4, -0.2) is 18.8 Å². The molecule has 0 spiro atoms. The van der Waals surface area contributed by atoms with Gasteiger partial charge in [0.05, 0.1) is 9.67 Å². The van der Waals surface area contributed by atoms with E-state index in [0.717, 1.165) is 22.6 Å². The minimum Gasteiger partial charge on any atom is -0.207 e. The van der Waals surface area contributed by atoms with Gasteiger partial charge in [-0.05, 0) is 46.3 Å². The summed E-state index contributed by atoms with van der Waals surface area (Å²) in [5.41, 5.74) is 0. The molecule has 0 amide bonds. The van der Waals surface area contributed by atoms with Crippen LogP contribution in [0.3, 0.4) is 0 Å². The largest absolute Gasteiger partial charge is 0.245 e. The standard InChI is InChI=1S/C13H13BrClNO2S3/c14-13-12(6-11(7-15)20-13)21(17,18)16(9-3-4-9)8-10-2-1-5-19-10/h1-2,5-6,9H,3-4,7-8H2. The lowest BCUT2D eigenvalue weighted by molar-refractivity contribution is 0.401. The molecule has 0 aromatic carbocycles. The topological polar surface area (TPSA) is 37.4 Å². The van der Waals surface area contributed by atoms with E-state index in [4.69, 9.17) is 11.6 Å². The molecule has 0 unspecified atom stereocenters. The first-order valence-electron chi connectivity index (χ1n) is 6.41. The molecule has 3 rings (SSSR count). The van der Waals surface area contributed by atoms with Crippen LogP contribution in [-0.2, 0) is 22.4 Å². The highest BCUT2D eigenvalue weighted by atomic mass is 79.9. The van der Waals surface area contributed by atoms with Crippen molar-refractivity contribution in [2.75, 3.05) is 0 Å². The van der Waals surface area contributed by atoms with Crippen molar-refractivity contribution in [2.45, 2.75) is 36.2 Å². The monoisotopic (exact) mass is 425 g/mol. The summed E-state index contributed by atoms with van der Waals surface area (Å²) in [6.45, 7) is 0.448. The second-order valence-corrected chi connectivity index (χ2v) is 10.5. The molecule has 0 N–H and O–H groups in total. The van der Waals surface area contributed by atoms with Gasteiger partial charge in [0, 0.05) is 22.3 Å². The maximum Gasteiger partial charge on any atom is 0.245 e. The minimum absolute atomic E-state index is 0.128. The third kappa shape index (κ3) is 3.38. The third-order valence-electron chi connectivity index (χ3n) is 3.27. The van der Waals surface area contributed by atoms with Crippen molar-refractivity contribution in [3.8, 4) is 0 Å². The predicted octanol–water partition coefficient (Wildman–Crippen LogP) is 4.66. The van der Waals surface area contributed by atoms with Gasteiger partial charge in [0.1, 0.15) is 4.90 Å². The zero-order chi connectivity index (χ0) is 15.0. The molecule has 2 aromatic heterocycles. The average Bonchev–Trinajstić information content (AvgIpc) is 2.99. The van der Waals surface area contributed by atoms with Gasteiger partial charge in [0.2, 0.25) is 10.0 Å². The lowest BCUT2D eigenvalue weighted by Crippen LogP contribution is -2.32. The van der Waals surface area contributed by atoms with E-state index in [0.29, 0.717) is 21.1 Å². The number of halogens is 2. The second kappa shape index (κ2) is 6.29. The lowest BCUT2D eigenvalue weighted by atomic mass is 10.4. The van der Waals surface area contributed by atoms with E-state index < -0.39 is 10.0 Å². The molecule has 0 bridgehead atoms. The average molecular weight is 427 g/mol. The number of sulfonamides is 1. The lowest BCUT2D eigenvalue weighted by Gasteiger charge is -2.20. The summed E-state index contributed by atoms with van der Waals surface area (Å²) < 4.78 is 28.2. The first-order chi connectivity index (χ1) is 10.0. The Morgan fingerprint density at radius 1 is 1.38 bits per heavy atom. The van der Waals surface area contributed by atoms with Gasteiger partial charge in [-0.1, -0.05) is 6.07 Å². The quantitative estimate of drug-likeness (QED) is 0.630. The number of rotatable bonds is 6. The first-order valence-corrected chi connectivity index (χ1v) is 10.9. The molecule has 1 aliphatic rings. The van der Waals surface area contributed by atoms with Crippen LogP contribution >= 0.6 is 50.2 Å². The summed E-state index contributed by atoms with van der Waals surface area (Å²) in [6.07, 6.45) is 1.88. The highest BCUT2D eigenvalue weighted by Crippen LogP contribution is 2.39. The van der Waals surface area contributed by atoms with E-state index in [1.54, 1.807) is 21.7 Å². The fourth-order valence-electron chi connectivity index (χ4n) is 2.09. The summed E-state index contributed by atoms with van der Waals surface area (Å²) in [6, 6.07) is 5.73. The summed E-state index contributed by atoms with van der Waals surface area (Å²) in [5, 5.41) is 1.97. The molecule has 2 heterocycles. The highest BCUT2D eigenvalue weighted by molar-refractivity contribution is 9.11. The number of thiophene rings is 2. The molecule has 114 valence electrons. The van der Waals surface area contributed by atoms with Gasteiger partial charge >= 0.3 is 0 Å².